The molecule has 0 bridgehead atoms. The highest BCUT2D eigenvalue weighted by Gasteiger charge is 2.43. The summed E-state index contributed by atoms with van der Waals surface area (Å²) < 4.78 is 17.5. The summed E-state index contributed by atoms with van der Waals surface area (Å²) in [5.41, 5.74) is 1.17. The van der Waals surface area contributed by atoms with Crippen LogP contribution >= 0.6 is 0 Å². The SMILES string of the molecule is Cc1ccc(OC(C)C(=O)N2CCC3(CC2)OCC(C)O3)cc1. The van der Waals surface area contributed by atoms with E-state index in [1.54, 1.807) is 6.92 Å². The zero-order valence-electron chi connectivity index (χ0n) is 14.1. The summed E-state index contributed by atoms with van der Waals surface area (Å²) in [6.45, 7) is 7.78. The number of aryl methyl sites for hydroxylation is 1. The van der Waals surface area contributed by atoms with Crippen molar-refractivity contribution in [2.45, 2.75) is 51.6 Å². The fourth-order valence-corrected chi connectivity index (χ4v) is 3.16. The van der Waals surface area contributed by atoms with E-state index in [1.807, 2.05) is 43.0 Å². The number of hydrogen-bond acceptors (Lipinski definition) is 4. The Morgan fingerprint density at radius 1 is 1.30 bits per heavy atom. The lowest BCUT2D eigenvalue weighted by molar-refractivity contribution is -0.195. The van der Waals surface area contributed by atoms with E-state index in [9.17, 15) is 4.79 Å². The molecule has 0 aromatic heterocycles. The molecule has 1 aromatic carbocycles. The van der Waals surface area contributed by atoms with Crippen LogP contribution in [0.1, 0.15) is 32.3 Å². The number of piperidine rings is 1. The van der Waals surface area contributed by atoms with E-state index in [4.69, 9.17) is 14.2 Å². The lowest BCUT2D eigenvalue weighted by atomic mass is 10.0. The lowest BCUT2D eigenvalue weighted by Crippen LogP contribution is -2.50. The molecule has 2 atom stereocenters. The van der Waals surface area contributed by atoms with Gasteiger partial charge in [-0.25, -0.2) is 0 Å². The van der Waals surface area contributed by atoms with E-state index in [2.05, 4.69) is 0 Å². The molecule has 2 fully saturated rings. The molecule has 1 spiro atoms. The predicted octanol–water partition coefficient (Wildman–Crippen LogP) is 2.52. The van der Waals surface area contributed by atoms with Crippen LogP contribution in [-0.2, 0) is 14.3 Å². The minimum Gasteiger partial charge on any atom is -0.481 e. The Labute approximate surface area is 137 Å². The normalized spacial score (nSPS) is 24.7. The van der Waals surface area contributed by atoms with Crippen LogP contribution in [0.4, 0.5) is 0 Å². The van der Waals surface area contributed by atoms with E-state index in [1.165, 1.54) is 5.56 Å². The average Bonchev–Trinajstić information content (AvgIpc) is 2.90. The number of carbonyl (C=O) groups excluding carboxylic acids is 1. The summed E-state index contributed by atoms with van der Waals surface area (Å²) >= 11 is 0. The highest BCUT2D eigenvalue weighted by Crippen LogP contribution is 2.34. The molecule has 0 saturated carbocycles. The van der Waals surface area contributed by atoms with Gasteiger partial charge in [-0.15, -0.1) is 0 Å². The molecule has 23 heavy (non-hydrogen) atoms. The largest absolute Gasteiger partial charge is 0.481 e. The summed E-state index contributed by atoms with van der Waals surface area (Å²) in [7, 11) is 0. The van der Waals surface area contributed by atoms with Gasteiger partial charge in [0.15, 0.2) is 11.9 Å². The second kappa shape index (κ2) is 6.49. The number of nitrogens with zero attached hydrogens (tertiary/aromatic N) is 1. The number of benzene rings is 1. The monoisotopic (exact) mass is 319 g/mol. The maximum absolute atomic E-state index is 12.6. The second-order valence-corrected chi connectivity index (χ2v) is 6.55. The fraction of sp³-hybridized carbons (Fsp3) is 0.611. The number of rotatable bonds is 3. The molecule has 2 saturated heterocycles. The first-order valence-electron chi connectivity index (χ1n) is 8.31. The molecule has 126 valence electrons. The van der Waals surface area contributed by atoms with E-state index in [0.29, 0.717) is 19.7 Å². The van der Waals surface area contributed by atoms with E-state index >= 15 is 0 Å². The number of ether oxygens (including phenoxy) is 3. The van der Waals surface area contributed by atoms with Gasteiger partial charge in [0.05, 0.1) is 12.7 Å². The summed E-state index contributed by atoms with van der Waals surface area (Å²) in [4.78, 5) is 14.4. The third kappa shape index (κ3) is 3.67. The maximum Gasteiger partial charge on any atom is 0.263 e. The topological polar surface area (TPSA) is 48.0 Å². The summed E-state index contributed by atoms with van der Waals surface area (Å²) in [6, 6.07) is 7.75. The Hall–Kier alpha value is -1.59. The molecule has 5 heteroatoms. The van der Waals surface area contributed by atoms with Crippen LogP contribution < -0.4 is 4.74 Å². The Balaban J connectivity index is 1.53. The van der Waals surface area contributed by atoms with E-state index in [0.717, 1.165) is 18.6 Å². The summed E-state index contributed by atoms with van der Waals surface area (Å²) in [5.74, 6) is 0.268. The fourth-order valence-electron chi connectivity index (χ4n) is 3.16. The Bertz CT molecular complexity index is 549. The second-order valence-electron chi connectivity index (χ2n) is 6.55. The van der Waals surface area contributed by atoms with Crippen molar-refractivity contribution in [1.82, 2.24) is 4.90 Å². The minimum absolute atomic E-state index is 0.0199. The Kier molecular flexibility index (Phi) is 4.60. The van der Waals surface area contributed by atoms with Crippen molar-refractivity contribution in [1.29, 1.82) is 0 Å². The number of likely N-dealkylation sites (tertiary alicyclic amines) is 1. The molecule has 0 radical (unpaired) electrons. The van der Waals surface area contributed by atoms with Crippen molar-refractivity contribution in [2.24, 2.45) is 0 Å². The molecule has 0 aliphatic carbocycles. The summed E-state index contributed by atoms with van der Waals surface area (Å²) in [5, 5.41) is 0. The average molecular weight is 319 g/mol. The van der Waals surface area contributed by atoms with Gasteiger partial charge in [-0.3, -0.25) is 4.79 Å². The molecule has 1 aromatic rings. The van der Waals surface area contributed by atoms with Crippen LogP contribution in [0.15, 0.2) is 24.3 Å². The van der Waals surface area contributed by atoms with Gasteiger partial charge < -0.3 is 19.1 Å². The number of hydrogen-bond donors (Lipinski definition) is 0. The van der Waals surface area contributed by atoms with Crippen LogP contribution in [-0.4, -0.2) is 48.5 Å². The van der Waals surface area contributed by atoms with E-state index < -0.39 is 11.9 Å². The van der Waals surface area contributed by atoms with Crippen LogP contribution in [0.5, 0.6) is 5.75 Å². The van der Waals surface area contributed by atoms with Crippen LogP contribution in [0.2, 0.25) is 0 Å². The minimum atomic E-state index is -0.490. The molecule has 2 heterocycles. The highest BCUT2D eigenvalue weighted by molar-refractivity contribution is 5.81. The van der Waals surface area contributed by atoms with Crippen molar-refractivity contribution >= 4 is 5.91 Å². The van der Waals surface area contributed by atoms with E-state index in [-0.39, 0.29) is 12.0 Å². The molecule has 3 rings (SSSR count). The number of carbonyl (C=O) groups is 1. The van der Waals surface area contributed by atoms with Gasteiger partial charge in [0, 0.05) is 25.9 Å². The molecule has 1 amide bonds. The molecular weight excluding hydrogens is 294 g/mol. The van der Waals surface area contributed by atoms with Gasteiger partial charge in [0.1, 0.15) is 5.75 Å². The first kappa shape index (κ1) is 16.3. The first-order chi connectivity index (χ1) is 11.0. The molecule has 5 nitrogen and oxygen atoms in total. The molecule has 0 N–H and O–H groups in total. The first-order valence-corrected chi connectivity index (χ1v) is 8.31. The molecule has 2 unspecified atom stereocenters. The van der Waals surface area contributed by atoms with Crippen molar-refractivity contribution < 1.29 is 19.0 Å². The standard InChI is InChI=1S/C18H25NO4/c1-13-4-6-16(7-5-13)22-15(3)17(20)19-10-8-18(9-11-19)21-12-14(2)23-18/h4-7,14-15H,8-12H2,1-3H3. The molecule has 2 aliphatic rings. The number of amides is 1. The van der Waals surface area contributed by atoms with Crippen molar-refractivity contribution in [3.05, 3.63) is 29.8 Å². The highest BCUT2D eigenvalue weighted by atomic mass is 16.7. The van der Waals surface area contributed by atoms with Gasteiger partial charge in [-0.2, -0.15) is 0 Å². The third-order valence-electron chi connectivity index (χ3n) is 4.52. The zero-order chi connectivity index (χ0) is 16.4. The zero-order valence-corrected chi connectivity index (χ0v) is 14.1. The molecular formula is C18H25NO4. The lowest BCUT2D eigenvalue weighted by Gasteiger charge is -2.38. The predicted molar refractivity (Wildman–Crippen MR) is 86.3 cm³/mol. The third-order valence-corrected chi connectivity index (χ3v) is 4.52. The van der Waals surface area contributed by atoms with Gasteiger partial charge in [0.2, 0.25) is 0 Å². The van der Waals surface area contributed by atoms with Gasteiger partial charge >= 0.3 is 0 Å². The van der Waals surface area contributed by atoms with Crippen molar-refractivity contribution in [3.63, 3.8) is 0 Å². The van der Waals surface area contributed by atoms with Crippen molar-refractivity contribution in [3.8, 4) is 5.75 Å². The van der Waals surface area contributed by atoms with Crippen LogP contribution in [0.3, 0.4) is 0 Å². The maximum atomic E-state index is 12.6. The van der Waals surface area contributed by atoms with Gasteiger partial charge in [0.25, 0.3) is 5.91 Å². The van der Waals surface area contributed by atoms with Gasteiger partial charge in [-0.1, -0.05) is 17.7 Å². The summed E-state index contributed by atoms with van der Waals surface area (Å²) in [6.07, 6.45) is 1.10. The smallest absolute Gasteiger partial charge is 0.263 e. The van der Waals surface area contributed by atoms with Crippen molar-refractivity contribution in [2.75, 3.05) is 19.7 Å². The van der Waals surface area contributed by atoms with Crippen LogP contribution in [0.25, 0.3) is 0 Å². The van der Waals surface area contributed by atoms with Crippen LogP contribution in [0, 0.1) is 6.92 Å². The Morgan fingerprint density at radius 2 is 1.96 bits per heavy atom. The van der Waals surface area contributed by atoms with Gasteiger partial charge in [-0.05, 0) is 32.9 Å². The molecule has 2 aliphatic heterocycles. The Morgan fingerprint density at radius 3 is 2.52 bits per heavy atom. The quantitative estimate of drug-likeness (QED) is 0.859.